The van der Waals surface area contributed by atoms with Crippen molar-refractivity contribution in [1.29, 1.82) is 0 Å². The third-order valence-corrected chi connectivity index (χ3v) is 6.00. The van der Waals surface area contributed by atoms with Crippen LogP contribution in [0.4, 0.5) is 0 Å². The highest BCUT2D eigenvalue weighted by molar-refractivity contribution is 7.89. The van der Waals surface area contributed by atoms with Gasteiger partial charge in [0.25, 0.3) is 0 Å². The van der Waals surface area contributed by atoms with Crippen molar-refractivity contribution in [2.45, 2.75) is 17.9 Å². The molecule has 1 amide bonds. The minimum absolute atomic E-state index is 0.0393. The molecule has 0 atom stereocenters. The van der Waals surface area contributed by atoms with Gasteiger partial charge in [-0.15, -0.1) is 0 Å². The Morgan fingerprint density at radius 3 is 2.56 bits per heavy atom. The summed E-state index contributed by atoms with van der Waals surface area (Å²) < 4.78 is 37.8. The second-order valence-electron chi connectivity index (χ2n) is 6.18. The number of carbonyl (C=O) groups is 1. The largest absolute Gasteiger partial charge is 0.497 e. The molecule has 0 fully saturated rings. The zero-order valence-electron chi connectivity index (χ0n) is 15.3. The summed E-state index contributed by atoms with van der Waals surface area (Å²) in [6, 6.07) is 12.4. The third-order valence-electron chi connectivity index (χ3n) is 4.56. The molecular formula is C19H22N2O5S. The molecule has 0 spiro atoms. The predicted molar refractivity (Wildman–Crippen MR) is 100 cm³/mol. The van der Waals surface area contributed by atoms with Crippen molar-refractivity contribution >= 4 is 15.9 Å². The molecule has 0 unspecified atom stereocenters. The molecule has 0 aliphatic carbocycles. The number of sulfonamides is 1. The number of hydrogen-bond donors (Lipinski definition) is 1. The summed E-state index contributed by atoms with van der Waals surface area (Å²) in [4.78, 5) is 14.1. The normalized spacial score (nSPS) is 13.8. The van der Waals surface area contributed by atoms with Crippen molar-refractivity contribution in [2.75, 3.05) is 27.3 Å². The van der Waals surface area contributed by atoms with Crippen LogP contribution in [0, 0.1) is 0 Å². The molecule has 2 aromatic rings. The summed E-state index contributed by atoms with van der Waals surface area (Å²) in [7, 11) is -1.04. The summed E-state index contributed by atoms with van der Waals surface area (Å²) in [6.07, 6.45) is 0.765. The number of amides is 1. The summed E-state index contributed by atoms with van der Waals surface area (Å²) >= 11 is 0. The maximum absolute atomic E-state index is 12.6. The summed E-state index contributed by atoms with van der Waals surface area (Å²) in [5.41, 5.74) is 2.32. The van der Waals surface area contributed by atoms with E-state index in [0.29, 0.717) is 18.8 Å². The molecule has 144 valence electrons. The Bertz CT molecular complexity index is 943. The molecule has 1 aliphatic rings. The number of fused-ring (bicyclic) bond motifs is 1. The van der Waals surface area contributed by atoms with Crippen LogP contribution in [0.15, 0.2) is 47.4 Å². The number of benzene rings is 2. The SMILES string of the molecule is COc1ccc(S(=O)(=O)NCC(=O)N2CCc3ccccc3C2)c(OC)c1. The van der Waals surface area contributed by atoms with Crippen LogP contribution in [0.1, 0.15) is 11.1 Å². The molecule has 0 saturated heterocycles. The Hall–Kier alpha value is -2.58. The van der Waals surface area contributed by atoms with Gasteiger partial charge in [0.05, 0.1) is 20.8 Å². The van der Waals surface area contributed by atoms with Crippen molar-refractivity contribution in [3.8, 4) is 11.5 Å². The first kappa shape index (κ1) is 19.2. The third kappa shape index (κ3) is 4.23. The highest BCUT2D eigenvalue weighted by Crippen LogP contribution is 2.28. The second kappa shape index (κ2) is 7.98. The lowest BCUT2D eigenvalue weighted by Gasteiger charge is -2.29. The van der Waals surface area contributed by atoms with E-state index in [1.165, 1.54) is 38.0 Å². The zero-order valence-corrected chi connectivity index (χ0v) is 16.1. The molecule has 2 aromatic carbocycles. The van der Waals surface area contributed by atoms with Crippen LogP contribution in [0.25, 0.3) is 0 Å². The fourth-order valence-electron chi connectivity index (χ4n) is 3.05. The van der Waals surface area contributed by atoms with Gasteiger partial charge in [-0.25, -0.2) is 13.1 Å². The van der Waals surface area contributed by atoms with E-state index in [-0.39, 0.29) is 23.1 Å². The molecule has 27 heavy (non-hydrogen) atoms. The van der Waals surface area contributed by atoms with E-state index >= 15 is 0 Å². The van der Waals surface area contributed by atoms with Crippen molar-refractivity contribution < 1.29 is 22.7 Å². The Kier molecular flexibility index (Phi) is 5.67. The first-order valence-electron chi connectivity index (χ1n) is 8.51. The van der Waals surface area contributed by atoms with Gasteiger partial charge < -0.3 is 14.4 Å². The van der Waals surface area contributed by atoms with Crippen LogP contribution in [0.3, 0.4) is 0 Å². The van der Waals surface area contributed by atoms with Crippen LogP contribution in [0.2, 0.25) is 0 Å². The van der Waals surface area contributed by atoms with E-state index in [1.54, 1.807) is 4.90 Å². The average Bonchev–Trinajstić information content (AvgIpc) is 2.71. The number of methoxy groups -OCH3 is 2. The average molecular weight is 390 g/mol. The molecule has 1 heterocycles. The van der Waals surface area contributed by atoms with Crippen molar-refractivity contribution in [3.05, 3.63) is 53.6 Å². The molecule has 0 saturated carbocycles. The first-order valence-corrected chi connectivity index (χ1v) is 9.99. The van der Waals surface area contributed by atoms with Crippen molar-refractivity contribution in [1.82, 2.24) is 9.62 Å². The van der Waals surface area contributed by atoms with E-state index in [2.05, 4.69) is 10.8 Å². The van der Waals surface area contributed by atoms with E-state index in [4.69, 9.17) is 9.47 Å². The van der Waals surface area contributed by atoms with Crippen LogP contribution < -0.4 is 14.2 Å². The Labute approximate surface area is 158 Å². The van der Waals surface area contributed by atoms with Gasteiger partial charge in [0.15, 0.2) is 0 Å². The van der Waals surface area contributed by atoms with Gasteiger partial charge in [-0.05, 0) is 29.7 Å². The van der Waals surface area contributed by atoms with Crippen molar-refractivity contribution in [2.24, 2.45) is 0 Å². The molecule has 1 N–H and O–H groups in total. The van der Waals surface area contributed by atoms with E-state index in [0.717, 1.165) is 12.0 Å². The van der Waals surface area contributed by atoms with Gasteiger partial charge in [-0.3, -0.25) is 4.79 Å². The maximum Gasteiger partial charge on any atom is 0.244 e. The number of rotatable bonds is 6. The predicted octanol–water partition coefficient (Wildman–Crippen LogP) is 1.57. The minimum atomic E-state index is -3.90. The van der Waals surface area contributed by atoms with Gasteiger partial charge in [0.2, 0.25) is 15.9 Å². The lowest BCUT2D eigenvalue weighted by Crippen LogP contribution is -2.42. The molecule has 3 rings (SSSR count). The number of carbonyl (C=O) groups excluding carboxylic acids is 1. The quantitative estimate of drug-likeness (QED) is 0.809. The fourth-order valence-corrected chi connectivity index (χ4v) is 4.18. The monoisotopic (exact) mass is 390 g/mol. The van der Waals surface area contributed by atoms with Crippen LogP contribution in [-0.2, 0) is 27.8 Å². The van der Waals surface area contributed by atoms with E-state index in [9.17, 15) is 13.2 Å². The number of nitrogens with zero attached hydrogens (tertiary/aromatic N) is 1. The number of ether oxygens (including phenoxy) is 2. The lowest BCUT2D eigenvalue weighted by molar-refractivity contribution is -0.130. The van der Waals surface area contributed by atoms with Crippen molar-refractivity contribution in [3.63, 3.8) is 0 Å². The van der Waals surface area contributed by atoms with Crippen LogP contribution >= 0.6 is 0 Å². The molecule has 0 bridgehead atoms. The van der Waals surface area contributed by atoms with Gasteiger partial charge in [0, 0.05) is 19.2 Å². The standard InChI is InChI=1S/C19H22N2O5S/c1-25-16-7-8-18(17(11-16)26-2)27(23,24)20-12-19(22)21-10-9-14-5-3-4-6-15(14)13-21/h3-8,11,20H,9-10,12-13H2,1-2H3. The number of nitrogens with one attached hydrogen (secondary N) is 1. The number of hydrogen-bond acceptors (Lipinski definition) is 5. The highest BCUT2D eigenvalue weighted by atomic mass is 32.2. The van der Waals surface area contributed by atoms with Gasteiger partial charge >= 0.3 is 0 Å². The Balaban J connectivity index is 1.68. The maximum atomic E-state index is 12.6. The summed E-state index contributed by atoms with van der Waals surface area (Å²) in [5, 5.41) is 0. The molecule has 0 aromatic heterocycles. The smallest absolute Gasteiger partial charge is 0.244 e. The zero-order chi connectivity index (χ0) is 19.4. The molecular weight excluding hydrogens is 368 g/mol. The molecule has 1 aliphatic heterocycles. The molecule has 7 nitrogen and oxygen atoms in total. The van der Waals surface area contributed by atoms with Gasteiger partial charge in [-0.1, -0.05) is 24.3 Å². The molecule has 8 heteroatoms. The first-order chi connectivity index (χ1) is 12.9. The summed E-state index contributed by atoms with van der Waals surface area (Å²) in [5.74, 6) is 0.371. The van der Waals surface area contributed by atoms with E-state index < -0.39 is 10.0 Å². The Morgan fingerprint density at radius 1 is 1.11 bits per heavy atom. The van der Waals surface area contributed by atoms with Gasteiger partial charge in [-0.2, -0.15) is 0 Å². The fraction of sp³-hybridized carbons (Fsp3) is 0.316. The topological polar surface area (TPSA) is 84.9 Å². The van der Waals surface area contributed by atoms with Gasteiger partial charge in [0.1, 0.15) is 16.4 Å². The molecule has 0 radical (unpaired) electrons. The minimum Gasteiger partial charge on any atom is -0.497 e. The lowest BCUT2D eigenvalue weighted by atomic mass is 10.00. The summed E-state index contributed by atoms with van der Waals surface area (Å²) in [6.45, 7) is 0.756. The van der Waals surface area contributed by atoms with Crippen LogP contribution in [-0.4, -0.2) is 46.5 Å². The second-order valence-corrected chi connectivity index (χ2v) is 7.91. The van der Waals surface area contributed by atoms with E-state index in [1.807, 2.05) is 18.2 Å². The van der Waals surface area contributed by atoms with Crippen LogP contribution in [0.5, 0.6) is 11.5 Å². The Morgan fingerprint density at radius 2 is 1.85 bits per heavy atom. The highest BCUT2D eigenvalue weighted by Gasteiger charge is 2.24.